The van der Waals surface area contributed by atoms with Gasteiger partial charge in [-0.3, -0.25) is 19.2 Å². The standard InChI is InChI=1S/C6H14O6.2C6H10O4/c7-1-3(9)5(11)6(12)4(10)2-8;2*7-5(8)3-1-2-4-6(9)10/h3-12H,1-2H2;2*1-4H2,(H,7,8)(H,9,10)/t3-,4+,5-,6-;;/m1../s1. The van der Waals surface area contributed by atoms with Crippen molar-refractivity contribution in [3.63, 3.8) is 0 Å². The highest BCUT2D eigenvalue weighted by Gasteiger charge is 2.29. The van der Waals surface area contributed by atoms with E-state index in [-0.39, 0.29) is 25.7 Å². The molecule has 0 fully saturated rings. The Kier molecular flexibility index (Phi) is 23.4. The van der Waals surface area contributed by atoms with Gasteiger partial charge in [0.25, 0.3) is 0 Å². The summed E-state index contributed by atoms with van der Waals surface area (Å²) in [5, 5.41) is 84.7. The van der Waals surface area contributed by atoms with Crippen LogP contribution in [0.4, 0.5) is 0 Å². The Morgan fingerprint density at radius 2 is 0.656 bits per heavy atom. The van der Waals surface area contributed by atoms with Gasteiger partial charge < -0.3 is 51.1 Å². The summed E-state index contributed by atoms with van der Waals surface area (Å²) >= 11 is 0. The summed E-state index contributed by atoms with van der Waals surface area (Å²) < 4.78 is 0. The molecule has 0 aliphatic rings. The van der Waals surface area contributed by atoms with Crippen LogP contribution in [0.3, 0.4) is 0 Å². The third-order valence-electron chi connectivity index (χ3n) is 3.58. The van der Waals surface area contributed by atoms with E-state index in [2.05, 4.69) is 0 Å². The second-order valence-electron chi connectivity index (χ2n) is 6.47. The Labute approximate surface area is 184 Å². The molecule has 0 aliphatic carbocycles. The number of aliphatic hydroxyl groups excluding tert-OH is 6. The van der Waals surface area contributed by atoms with Crippen LogP contribution >= 0.6 is 0 Å². The first-order valence-electron chi connectivity index (χ1n) is 9.61. The highest BCUT2D eigenvalue weighted by Crippen LogP contribution is 2.04. The minimum absolute atomic E-state index is 0.0628. The Balaban J connectivity index is -0.000000397. The molecule has 14 nitrogen and oxygen atoms in total. The van der Waals surface area contributed by atoms with E-state index in [1.165, 1.54) is 0 Å². The van der Waals surface area contributed by atoms with Crippen molar-refractivity contribution in [2.45, 2.75) is 75.8 Å². The van der Waals surface area contributed by atoms with Gasteiger partial charge in [0.2, 0.25) is 0 Å². The molecule has 14 heteroatoms. The number of unbranched alkanes of at least 4 members (excludes halogenated alkanes) is 2. The zero-order valence-electron chi connectivity index (χ0n) is 17.5. The topological polar surface area (TPSA) is 271 Å². The molecule has 0 rings (SSSR count). The number of hydrogen-bond acceptors (Lipinski definition) is 10. The minimum atomic E-state index is -1.67. The summed E-state index contributed by atoms with van der Waals surface area (Å²) in [7, 11) is 0. The van der Waals surface area contributed by atoms with Gasteiger partial charge >= 0.3 is 23.9 Å². The predicted molar refractivity (Wildman–Crippen MR) is 106 cm³/mol. The van der Waals surface area contributed by atoms with E-state index < -0.39 is 61.5 Å². The van der Waals surface area contributed by atoms with Gasteiger partial charge in [0, 0.05) is 25.7 Å². The van der Waals surface area contributed by atoms with Crippen molar-refractivity contribution in [2.24, 2.45) is 0 Å². The highest BCUT2D eigenvalue weighted by molar-refractivity contribution is 5.68. The molecule has 0 aromatic carbocycles. The predicted octanol–water partition coefficient (Wildman–Crippen LogP) is -2.15. The normalized spacial score (nSPS) is 13.8. The third kappa shape index (κ3) is 25.7. The average Bonchev–Trinajstić information content (AvgIpc) is 2.72. The second-order valence-corrected chi connectivity index (χ2v) is 6.47. The number of aliphatic hydroxyl groups is 6. The maximum absolute atomic E-state index is 9.90. The lowest BCUT2D eigenvalue weighted by molar-refractivity contribution is -0.139. The van der Waals surface area contributed by atoms with E-state index in [1.807, 2.05) is 0 Å². The van der Waals surface area contributed by atoms with E-state index in [0.717, 1.165) is 0 Å². The second kappa shape index (κ2) is 21.9. The van der Waals surface area contributed by atoms with Crippen LogP contribution < -0.4 is 0 Å². The number of carboxylic acids is 4. The Morgan fingerprint density at radius 1 is 0.469 bits per heavy atom. The molecule has 0 aliphatic heterocycles. The molecular formula is C18H34O14. The molecule has 0 radical (unpaired) electrons. The molecule has 0 aromatic rings. The Bertz CT molecular complexity index is 446. The first-order valence-corrected chi connectivity index (χ1v) is 9.61. The van der Waals surface area contributed by atoms with Crippen LogP contribution in [0.15, 0.2) is 0 Å². The molecule has 4 atom stereocenters. The van der Waals surface area contributed by atoms with Crippen molar-refractivity contribution >= 4 is 23.9 Å². The fraction of sp³-hybridized carbons (Fsp3) is 0.778. The van der Waals surface area contributed by atoms with Crippen LogP contribution in [0.2, 0.25) is 0 Å². The Hall–Kier alpha value is -2.36. The minimum Gasteiger partial charge on any atom is -0.481 e. The van der Waals surface area contributed by atoms with Gasteiger partial charge in [-0.1, -0.05) is 0 Å². The first kappa shape index (κ1) is 34.3. The number of carbonyl (C=O) groups is 4. The van der Waals surface area contributed by atoms with Gasteiger partial charge in [-0.15, -0.1) is 0 Å². The monoisotopic (exact) mass is 474 g/mol. The maximum atomic E-state index is 9.90. The van der Waals surface area contributed by atoms with Crippen LogP contribution in [-0.2, 0) is 19.2 Å². The lowest BCUT2D eigenvalue weighted by atomic mass is 10.0. The zero-order chi connectivity index (χ0) is 25.7. The van der Waals surface area contributed by atoms with E-state index in [9.17, 15) is 19.2 Å². The third-order valence-corrected chi connectivity index (χ3v) is 3.58. The molecule has 190 valence electrons. The van der Waals surface area contributed by atoms with Gasteiger partial charge in [-0.05, 0) is 25.7 Å². The number of hydrogen-bond donors (Lipinski definition) is 10. The van der Waals surface area contributed by atoms with Crippen molar-refractivity contribution < 1.29 is 70.2 Å². The molecule has 10 N–H and O–H groups in total. The quantitative estimate of drug-likeness (QED) is 0.113. The lowest BCUT2D eigenvalue weighted by Gasteiger charge is -2.24. The average molecular weight is 474 g/mol. The SMILES string of the molecule is O=C(O)CCCCC(=O)O.O=C(O)CCCCC(=O)O.OC[C@@H](O)[C@@H](O)[C@H](O)[C@@H](O)CO. The van der Waals surface area contributed by atoms with Crippen LogP contribution in [0.1, 0.15) is 51.4 Å². The lowest BCUT2D eigenvalue weighted by Crippen LogP contribution is -2.46. The summed E-state index contributed by atoms with van der Waals surface area (Å²) in [6.45, 7) is -1.45. The van der Waals surface area contributed by atoms with Crippen molar-refractivity contribution in [2.75, 3.05) is 13.2 Å². The maximum Gasteiger partial charge on any atom is 0.303 e. The molecule has 0 unspecified atom stereocenters. The summed E-state index contributed by atoms with van der Waals surface area (Å²) in [6, 6.07) is 0. The first-order chi connectivity index (χ1) is 14.8. The van der Waals surface area contributed by atoms with Crippen molar-refractivity contribution in [1.29, 1.82) is 0 Å². The number of rotatable bonds is 15. The van der Waals surface area contributed by atoms with Gasteiger partial charge in [-0.25, -0.2) is 0 Å². The van der Waals surface area contributed by atoms with Gasteiger partial charge in [-0.2, -0.15) is 0 Å². The molecule has 0 amide bonds. The fourth-order valence-electron chi connectivity index (χ4n) is 1.78. The van der Waals surface area contributed by atoms with E-state index in [0.29, 0.717) is 25.7 Å². The molecule has 0 bridgehead atoms. The fourth-order valence-corrected chi connectivity index (χ4v) is 1.78. The van der Waals surface area contributed by atoms with Crippen molar-refractivity contribution in [3.8, 4) is 0 Å². The highest BCUT2D eigenvalue weighted by atomic mass is 16.4. The van der Waals surface area contributed by atoms with Crippen molar-refractivity contribution in [3.05, 3.63) is 0 Å². The van der Waals surface area contributed by atoms with Crippen molar-refractivity contribution in [1.82, 2.24) is 0 Å². The van der Waals surface area contributed by atoms with E-state index >= 15 is 0 Å². The largest absolute Gasteiger partial charge is 0.481 e. The molecular weight excluding hydrogens is 440 g/mol. The molecule has 32 heavy (non-hydrogen) atoms. The zero-order valence-corrected chi connectivity index (χ0v) is 17.5. The summed E-state index contributed by atoms with van der Waals surface area (Å²) in [5.41, 5.74) is 0. The van der Waals surface area contributed by atoms with Gasteiger partial charge in [0.15, 0.2) is 0 Å². The van der Waals surface area contributed by atoms with Crippen LogP contribution in [0.5, 0.6) is 0 Å². The number of carboxylic acid groups (broad SMARTS) is 4. The summed E-state index contributed by atoms with van der Waals surface area (Å²) in [4.78, 5) is 39.6. The van der Waals surface area contributed by atoms with Crippen LogP contribution in [-0.4, -0.2) is 113 Å². The Morgan fingerprint density at radius 3 is 0.781 bits per heavy atom. The molecule has 0 spiro atoms. The van der Waals surface area contributed by atoms with Crippen LogP contribution in [0.25, 0.3) is 0 Å². The van der Waals surface area contributed by atoms with Gasteiger partial charge in [0.05, 0.1) is 13.2 Å². The summed E-state index contributed by atoms with van der Waals surface area (Å²) in [5.74, 6) is -3.48. The molecule has 0 heterocycles. The molecule has 0 aromatic heterocycles. The van der Waals surface area contributed by atoms with E-state index in [1.54, 1.807) is 0 Å². The number of aliphatic carboxylic acids is 4. The molecule has 0 saturated carbocycles. The molecule has 0 saturated heterocycles. The van der Waals surface area contributed by atoms with Crippen LogP contribution in [0, 0.1) is 0 Å². The van der Waals surface area contributed by atoms with E-state index in [4.69, 9.17) is 51.1 Å². The summed E-state index contributed by atoms with van der Waals surface area (Å²) in [6.07, 6.45) is -4.36. The smallest absolute Gasteiger partial charge is 0.303 e. The van der Waals surface area contributed by atoms with Gasteiger partial charge in [0.1, 0.15) is 24.4 Å².